The second-order valence-corrected chi connectivity index (χ2v) is 3.37. The normalized spacial score (nSPS) is 12.9. The molecular weight excluding hydrogens is 172 g/mol. The van der Waals surface area contributed by atoms with Crippen LogP contribution in [0.1, 0.15) is 26.7 Å². The van der Waals surface area contributed by atoms with E-state index in [1.54, 1.807) is 0 Å². The van der Waals surface area contributed by atoms with Crippen molar-refractivity contribution in [3.05, 3.63) is 0 Å². The number of alkyl halides is 1. The van der Waals surface area contributed by atoms with Gasteiger partial charge in [0, 0.05) is 6.54 Å². The molecule has 3 heteroatoms. The van der Waals surface area contributed by atoms with Gasteiger partial charge in [0.15, 0.2) is 0 Å². The minimum atomic E-state index is -0.359. The fraction of sp³-hybridized carbons (Fsp3) is 0.889. The molecular formula is C9H17ClN2. The van der Waals surface area contributed by atoms with Crippen molar-refractivity contribution in [2.45, 2.75) is 32.1 Å². The van der Waals surface area contributed by atoms with E-state index in [0.717, 1.165) is 13.1 Å². The second-order valence-electron chi connectivity index (χ2n) is 2.84. The Morgan fingerprint density at radius 2 is 2.17 bits per heavy atom. The first kappa shape index (κ1) is 11.7. The summed E-state index contributed by atoms with van der Waals surface area (Å²) < 4.78 is 0. The van der Waals surface area contributed by atoms with Crippen LogP contribution in [0.3, 0.4) is 0 Å². The number of nitriles is 1. The fourth-order valence-electron chi connectivity index (χ4n) is 1.03. The predicted octanol–water partition coefficient (Wildman–Crippen LogP) is 2.24. The molecule has 0 bridgehead atoms. The lowest BCUT2D eigenvalue weighted by atomic mass is 10.3. The molecule has 0 aliphatic carbocycles. The van der Waals surface area contributed by atoms with Crippen molar-refractivity contribution in [2.75, 3.05) is 19.6 Å². The van der Waals surface area contributed by atoms with E-state index in [-0.39, 0.29) is 5.38 Å². The van der Waals surface area contributed by atoms with Crippen LogP contribution in [0.4, 0.5) is 0 Å². The Kier molecular flexibility index (Phi) is 7.23. The summed E-state index contributed by atoms with van der Waals surface area (Å²) in [4.78, 5) is 2.21. The highest BCUT2D eigenvalue weighted by molar-refractivity contribution is 6.22. The van der Waals surface area contributed by atoms with Crippen LogP contribution in [0.5, 0.6) is 0 Å². The van der Waals surface area contributed by atoms with Gasteiger partial charge in [-0.15, -0.1) is 11.6 Å². The van der Waals surface area contributed by atoms with E-state index < -0.39 is 0 Å². The highest BCUT2D eigenvalue weighted by atomic mass is 35.5. The Morgan fingerprint density at radius 3 is 2.58 bits per heavy atom. The molecule has 0 amide bonds. The minimum Gasteiger partial charge on any atom is -0.301 e. The number of hydrogen-bond donors (Lipinski definition) is 0. The molecule has 1 atom stereocenters. The summed E-state index contributed by atoms with van der Waals surface area (Å²) in [5, 5.41) is 8.14. The maximum Gasteiger partial charge on any atom is 0.133 e. The maximum absolute atomic E-state index is 8.50. The van der Waals surface area contributed by atoms with E-state index in [4.69, 9.17) is 16.9 Å². The van der Waals surface area contributed by atoms with Gasteiger partial charge in [0.2, 0.25) is 0 Å². The molecule has 12 heavy (non-hydrogen) atoms. The third kappa shape index (κ3) is 5.40. The molecule has 0 heterocycles. The molecule has 0 saturated carbocycles. The molecule has 0 aromatic heterocycles. The molecule has 0 fully saturated rings. The van der Waals surface area contributed by atoms with Gasteiger partial charge in [-0.3, -0.25) is 0 Å². The summed E-state index contributed by atoms with van der Waals surface area (Å²) in [6, 6.07) is 2.03. The van der Waals surface area contributed by atoms with Gasteiger partial charge in [-0.05, 0) is 19.5 Å². The molecule has 0 aromatic carbocycles. The Balaban J connectivity index is 3.60. The van der Waals surface area contributed by atoms with E-state index in [9.17, 15) is 0 Å². The van der Waals surface area contributed by atoms with Crippen LogP contribution in [0.15, 0.2) is 0 Å². The summed E-state index contributed by atoms with van der Waals surface area (Å²) >= 11 is 5.71. The Bertz CT molecular complexity index is 142. The van der Waals surface area contributed by atoms with E-state index in [1.165, 1.54) is 12.8 Å². The van der Waals surface area contributed by atoms with Crippen molar-refractivity contribution >= 4 is 11.6 Å². The highest BCUT2D eigenvalue weighted by Crippen LogP contribution is 2.00. The van der Waals surface area contributed by atoms with Crippen molar-refractivity contribution in [2.24, 2.45) is 0 Å². The molecule has 0 radical (unpaired) electrons. The van der Waals surface area contributed by atoms with Gasteiger partial charge in [0.05, 0.1) is 6.07 Å². The van der Waals surface area contributed by atoms with Gasteiger partial charge in [-0.25, -0.2) is 0 Å². The molecule has 0 aliphatic heterocycles. The van der Waals surface area contributed by atoms with Crippen molar-refractivity contribution < 1.29 is 0 Å². The number of unbranched alkanes of at least 4 members (excludes halogenated alkanes) is 1. The van der Waals surface area contributed by atoms with Crippen molar-refractivity contribution in [1.29, 1.82) is 5.26 Å². The van der Waals surface area contributed by atoms with Crippen molar-refractivity contribution in [3.8, 4) is 6.07 Å². The lowest BCUT2D eigenvalue weighted by Gasteiger charge is -2.19. The Labute approximate surface area is 80.1 Å². The summed E-state index contributed by atoms with van der Waals surface area (Å²) in [6.45, 7) is 6.98. The molecule has 1 unspecified atom stereocenters. The Hall–Kier alpha value is -0.260. The van der Waals surface area contributed by atoms with E-state index in [2.05, 4.69) is 18.7 Å². The fourth-order valence-corrected chi connectivity index (χ4v) is 1.22. The lowest BCUT2D eigenvalue weighted by Crippen LogP contribution is -2.30. The molecule has 70 valence electrons. The summed E-state index contributed by atoms with van der Waals surface area (Å²) in [5.41, 5.74) is 0. The quantitative estimate of drug-likeness (QED) is 0.598. The third-order valence-electron chi connectivity index (χ3n) is 1.83. The van der Waals surface area contributed by atoms with E-state index >= 15 is 0 Å². The van der Waals surface area contributed by atoms with Crippen molar-refractivity contribution in [3.63, 3.8) is 0 Å². The monoisotopic (exact) mass is 188 g/mol. The molecule has 0 N–H and O–H groups in total. The molecule has 0 rings (SSSR count). The zero-order chi connectivity index (χ0) is 9.40. The van der Waals surface area contributed by atoms with Gasteiger partial charge in [-0.2, -0.15) is 5.26 Å². The number of halogens is 1. The zero-order valence-electron chi connectivity index (χ0n) is 7.89. The van der Waals surface area contributed by atoms with Crippen LogP contribution in [0.25, 0.3) is 0 Å². The average Bonchev–Trinajstić information content (AvgIpc) is 2.11. The first-order valence-electron chi connectivity index (χ1n) is 4.50. The van der Waals surface area contributed by atoms with E-state index in [0.29, 0.717) is 6.54 Å². The van der Waals surface area contributed by atoms with Crippen LogP contribution in [0, 0.1) is 11.3 Å². The third-order valence-corrected chi connectivity index (χ3v) is 2.07. The van der Waals surface area contributed by atoms with Gasteiger partial charge < -0.3 is 4.90 Å². The van der Waals surface area contributed by atoms with Gasteiger partial charge in [-0.1, -0.05) is 20.3 Å². The SMILES string of the molecule is CCCCN(CC)CC(Cl)C#N. The number of nitrogens with zero attached hydrogens (tertiary/aromatic N) is 2. The van der Waals surface area contributed by atoms with Crippen LogP contribution in [-0.2, 0) is 0 Å². The van der Waals surface area contributed by atoms with Gasteiger partial charge in [0.1, 0.15) is 5.38 Å². The molecule has 0 saturated heterocycles. The van der Waals surface area contributed by atoms with Crippen molar-refractivity contribution in [1.82, 2.24) is 4.90 Å². The first-order valence-corrected chi connectivity index (χ1v) is 4.94. The standard InChI is InChI=1S/C9H17ClN2/c1-3-5-6-12(4-2)8-9(10)7-11/h9H,3-6,8H2,1-2H3. The largest absolute Gasteiger partial charge is 0.301 e. The molecule has 0 spiro atoms. The minimum absolute atomic E-state index is 0.359. The van der Waals surface area contributed by atoms with Crippen LogP contribution < -0.4 is 0 Å². The molecule has 0 aromatic rings. The van der Waals surface area contributed by atoms with Crippen LogP contribution in [0.2, 0.25) is 0 Å². The van der Waals surface area contributed by atoms with Gasteiger partial charge >= 0.3 is 0 Å². The average molecular weight is 189 g/mol. The summed E-state index contributed by atoms with van der Waals surface area (Å²) in [6.07, 6.45) is 2.37. The molecule has 0 aliphatic rings. The van der Waals surface area contributed by atoms with Crippen LogP contribution >= 0.6 is 11.6 Å². The smallest absolute Gasteiger partial charge is 0.133 e. The number of rotatable bonds is 6. The zero-order valence-corrected chi connectivity index (χ0v) is 8.64. The van der Waals surface area contributed by atoms with E-state index in [1.807, 2.05) is 6.07 Å². The highest BCUT2D eigenvalue weighted by Gasteiger charge is 2.07. The second kappa shape index (κ2) is 7.39. The molecule has 2 nitrogen and oxygen atoms in total. The van der Waals surface area contributed by atoms with Gasteiger partial charge in [0.25, 0.3) is 0 Å². The van der Waals surface area contributed by atoms with Crippen LogP contribution in [-0.4, -0.2) is 29.9 Å². The lowest BCUT2D eigenvalue weighted by molar-refractivity contribution is 0.291. The summed E-state index contributed by atoms with van der Waals surface area (Å²) in [5.74, 6) is 0. The predicted molar refractivity (Wildman–Crippen MR) is 52.3 cm³/mol. The first-order chi connectivity index (χ1) is 5.74. The summed E-state index contributed by atoms with van der Waals surface area (Å²) in [7, 11) is 0. The number of hydrogen-bond acceptors (Lipinski definition) is 2. The Morgan fingerprint density at radius 1 is 1.50 bits per heavy atom. The maximum atomic E-state index is 8.50. The topological polar surface area (TPSA) is 27.0 Å².